The minimum absolute atomic E-state index is 0.166. The smallest absolute Gasteiger partial charge is 0.340 e. The normalized spacial score (nSPS) is 13.3. The summed E-state index contributed by atoms with van der Waals surface area (Å²) in [5.41, 5.74) is 2.26. The molecule has 1 aliphatic heterocycles. The molecule has 0 fully saturated rings. The van der Waals surface area contributed by atoms with Gasteiger partial charge in [0.2, 0.25) is 12.6 Å². The molecule has 2 heterocycles. The quantitative estimate of drug-likeness (QED) is 0.422. The minimum Gasteiger partial charge on any atom is -0.462 e. The number of benzene rings is 1. The second-order valence-corrected chi connectivity index (χ2v) is 6.73. The molecule has 0 saturated carbocycles. The van der Waals surface area contributed by atoms with E-state index >= 15 is 0 Å². The number of hydrogen-bond acceptors (Lipinski definition) is 7. The van der Waals surface area contributed by atoms with E-state index in [9.17, 15) is 14.4 Å². The zero-order valence-corrected chi connectivity index (χ0v) is 17.2. The number of aromatic nitrogens is 1. The third kappa shape index (κ3) is 4.37. The highest BCUT2D eigenvalue weighted by molar-refractivity contribution is 6.04. The van der Waals surface area contributed by atoms with Gasteiger partial charge in [-0.15, -0.1) is 0 Å². The molecule has 158 valence electrons. The topological polar surface area (TPSA) is 104 Å². The van der Waals surface area contributed by atoms with Crippen molar-refractivity contribution in [3.8, 4) is 11.5 Å². The van der Waals surface area contributed by atoms with Crippen LogP contribution in [0.5, 0.6) is 11.5 Å². The van der Waals surface area contributed by atoms with Crippen LogP contribution in [0.15, 0.2) is 24.3 Å². The molecule has 1 aromatic carbocycles. The van der Waals surface area contributed by atoms with E-state index in [4.69, 9.17) is 18.9 Å². The van der Waals surface area contributed by atoms with Crippen molar-refractivity contribution in [2.24, 2.45) is 0 Å². The SMILES string of the molecule is CCOC(=O)c1c(C)[nH]c(C(=O)[C@@H](C)OC(=O)/C=C/c2ccc3c(c2)OCO3)c1C. The van der Waals surface area contributed by atoms with Gasteiger partial charge in [0.15, 0.2) is 17.6 Å². The van der Waals surface area contributed by atoms with Crippen molar-refractivity contribution >= 4 is 23.8 Å². The Morgan fingerprint density at radius 3 is 2.67 bits per heavy atom. The first kappa shape index (κ1) is 21.2. The van der Waals surface area contributed by atoms with Crippen molar-refractivity contribution in [2.45, 2.75) is 33.8 Å². The maximum Gasteiger partial charge on any atom is 0.340 e. The molecular formula is C22H23NO7. The third-order valence-corrected chi connectivity index (χ3v) is 4.63. The molecule has 8 nitrogen and oxygen atoms in total. The van der Waals surface area contributed by atoms with Gasteiger partial charge in [0.1, 0.15) is 0 Å². The van der Waals surface area contributed by atoms with Crippen molar-refractivity contribution in [1.82, 2.24) is 4.98 Å². The van der Waals surface area contributed by atoms with Gasteiger partial charge >= 0.3 is 11.9 Å². The maximum absolute atomic E-state index is 12.7. The lowest BCUT2D eigenvalue weighted by atomic mass is 10.1. The summed E-state index contributed by atoms with van der Waals surface area (Å²) >= 11 is 0. The number of aryl methyl sites for hydroxylation is 1. The first-order valence-electron chi connectivity index (χ1n) is 9.50. The van der Waals surface area contributed by atoms with Crippen LogP contribution in [0.1, 0.15) is 51.5 Å². The fourth-order valence-electron chi connectivity index (χ4n) is 3.16. The highest BCUT2D eigenvalue weighted by Gasteiger charge is 2.27. The average Bonchev–Trinajstić information content (AvgIpc) is 3.29. The van der Waals surface area contributed by atoms with Gasteiger partial charge in [-0.25, -0.2) is 9.59 Å². The van der Waals surface area contributed by atoms with E-state index in [1.54, 1.807) is 45.0 Å². The molecule has 3 rings (SSSR count). The number of fused-ring (bicyclic) bond motifs is 1. The standard InChI is InChI=1S/C22H23NO7/c1-5-27-22(26)19-12(2)20(23-13(19)3)21(25)14(4)30-18(24)9-7-15-6-8-16-17(10-15)29-11-28-16/h6-10,14,23H,5,11H2,1-4H3/b9-7+/t14-/m1/s1. The lowest BCUT2D eigenvalue weighted by Crippen LogP contribution is -2.24. The summed E-state index contributed by atoms with van der Waals surface area (Å²) in [7, 11) is 0. The Kier molecular flexibility index (Phi) is 6.25. The number of ether oxygens (including phenoxy) is 4. The molecule has 1 aromatic heterocycles. The van der Waals surface area contributed by atoms with Crippen LogP contribution >= 0.6 is 0 Å². The molecule has 2 aromatic rings. The number of rotatable bonds is 7. The Balaban J connectivity index is 1.66. The Morgan fingerprint density at radius 2 is 1.93 bits per heavy atom. The molecule has 0 unspecified atom stereocenters. The Bertz CT molecular complexity index is 1020. The molecular weight excluding hydrogens is 390 g/mol. The van der Waals surface area contributed by atoms with Crippen molar-refractivity contribution in [3.63, 3.8) is 0 Å². The second kappa shape index (κ2) is 8.86. The molecule has 1 N–H and O–H groups in total. The average molecular weight is 413 g/mol. The van der Waals surface area contributed by atoms with Crippen LogP contribution in [0.25, 0.3) is 6.08 Å². The fraction of sp³-hybridized carbons (Fsp3) is 0.318. The molecule has 1 atom stereocenters. The number of aromatic amines is 1. The summed E-state index contributed by atoms with van der Waals surface area (Å²) in [5.74, 6) is -0.355. The van der Waals surface area contributed by atoms with Gasteiger partial charge < -0.3 is 23.9 Å². The van der Waals surface area contributed by atoms with E-state index < -0.39 is 23.8 Å². The van der Waals surface area contributed by atoms with Crippen LogP contribution in [0, 0.1) is 13.8 Å². The lowest BCUT2D eigenvalue weighted by molar-refractivity contribution is -0.140. The van der Waals surface area contributed by atoms with E-state index in [0.717, 1.165) is 5.56 Å². The van der Waals surface area contributed by atoms with Crippen LogP contribution in [-0.2, 0) is 14.3 Å². The lowest BCUT2D eigenvalue weighted by Gasteiger charge is -2.10. The van der Waals surface area contributed by atoms with E-state index in [1.807, 2.05) is 0 Å². The third-order valence-electron chi connectivity index (χ3n) is 4.63. The van der Waals surface area contributed by atoms with Gasteiger partial charge in [-0.3, -0.25) is 4.79 Å². The van der Waals surface area contributed by atoms with Crippen molar-refractivity contribution < 1.29 is 33.3 Å². The first-order valence-corrected chi connectivity index (χ1v) is 9.50. The van der Waals surface area contributed by atoms with Gasteiger partial charge in [0.25, 0.3) is 0 Å². The molecule has 0 radical (unpaired) electrons. The second-order valence-electron chi connectivity index (χ2n) is 6.73. The molecule has 0 spiro atoms. The predicted molar refractivity (Wildman–Crippen MR) is 108 cm³/mol. The summed E-state index contributed by atoms with van der Waals surface area (Å²) in [5, 5.41) is 0. The fourth-order valence-corrected chi connectivity index (χ4v) is 3.16. The summed E-state index contributed by atoms with van der Waals surface area (Å²) in [6.45, 7) is 6.92. The van der Waals surface area contributed by atoms with E-state index in [2.05, 4.69) is 4.98 Å². The van der Waals surface area contributed by atoms with Gasteiger partial charge in [-0.2, -0.15) is 0 Å². The molecule has 0 amide bonds. The molecule has 0 aliphatic carbocycles. The van der Waals surface area contributed by atoms with Crippen LogP contribution in [0.3, 0.4) is 0 Å². The number of H-pyrrole nitrogens is 1. The van der Waals surface area contributed by atoms with E-state index in [1.165, 1.54) is 13.0 Å². The van der Waals surface area contributed by atoms with Gasteiger partial charge in [-0.05, 0) is 57.0 Å². The number of Topliss-reactive ketones (excluding diaryl/α,β-unsaturated/α-hetero) is 1. The number of nitrogens with one attached hydrogen (secondary N) is 1. The Morgan fingerprint density at radius 1 is 1.20 bits per heavy atom. The number of carbonyl (C=O) groups excluding carboxylic acids is 3. The van der Waals surface area contributed by atoms with Crippen molar-refractivity contribution in [3.05, 3.63) is 52.4 Å². The van der Waals surface area contributed by atoms with Crippen LogP contribution in [0.4, 0.5) is 0 Å². The summed E-state index contributed by atoms with van der Waals surface area (Å²) in [4.78, 5) is 39.9. The van der Waals surface area contributed by atoms with E-state index in [-0.39, 0.29) is 19.1 Å². The molecule has 1 aliphatic rings. The summed E-state index contributed by atoms with van der Waals surface area (Å²) in [6, 6.07) is 5.26. The minimum atomic E-state index is -1.04. The number of ketones is 1. The van der Waals surface area contributed by atoms with Crippen LogP contribution < -0.4 is 9.47 Å². The zero-order valence-electron chi connectivity index (χ0n) is 17.2. The predicted octanol–water partition coefficient (Wildman–Crippen LogP) is 3.36. The highest BCUT2D eigenvalue weighted by atomic mass is 16.7. The van der Waals surface area contributed by atoms with Gasteiger partial charge in [0, 0.05) is 11.8 Å². The van der Waals surface area contributed by atoms with E-state index in [0.29, 0.717) is 28.3 Å². The number of hydrogen-bond donors (Lipinski definition) is 1. The first-order chi connectivity index (χ1) is 14.3. The summed E-state index contributed by atoms with van der Waals surface area (Å²) in [6.07, 6.45) is 1.76. The van der Waals surface area contributed by atoms with Crippen LogP contribution in [0.2, 0.25) is 0 Å². The molecule has 8 heteroatoms. The zero-order chi connectivity index (χ0) is 21.8. The molecule has 0 bridgehead atoms. The van der Waals surface area contributed by atoms with Gasteiger partial charge in [-0.1, -0.05) is 6.07 Å². The molecule has 0 saturated heterocycles. The Hall–Kier alpha value is -3.55. The van der Waals surface area contributed by atoms with Crippen molar-refractivity contribution in [1.29, 1.82) is 0 Å². The van der Waals surface area contributed by atoms with Crippen molar-refractivity contribution in [2.75, 3.05) is 13.4 Å². The maximum atomic E-state index is 12.7. The monoisotopic (exact) mass is 413 g/mol. The summed E-state index contributed by atoms with van der Waals surface area (Å²) < 4.78 is 20.8. The van der Waals surface area contributed by atoms with Gasteiger partial charge in [0.05, 0.1) is 17.9 Å². The highest BCUT2D eigenvalue weighted by Crippen LogP contribution is 2.32. The largest absolute Gasteiger partial charge is 0.462 e. The molecule has 30 heavy (non-hydrogen) atoms. The Labute approximate surface area is 173 Å². The number of esters is 2. The number of carbonyl (C=O) groups is 3. The van der Waals surface area contributed by atoms with Crippen LogP contribution in [-0.4, -0.2) is 42.2 Å².